The van der Waals surface area contributed by atoms with Crippen LogP contribution in [0.25, 0.3) is 5.76 Å². The molecular formula is C23H21BrFNO3. The van der Waals surface area contributed by atoms with Crippen LogP contribution in [0.4, 0.5) is 10.1 Å². The lowest BCUT2D eigenvalue weighted by atomic mass is 9.80. The second kappa shape index (κ2) is 8.11. The first-order valence-corrected chi connectivity index (χ1v) is 10.6. The van der Waals surface area contributed by atoms with Crippen LogP contribution >= 0.6 is 15.9 Å². The highest BCUT2D eigenvalue weighted by atomic mass is 79.9. The van der Waals surface area contributed by atoms with Crippen molar-refractivity contribution in [3.63, 3.8) is 0 Å². The normalized spacial score (nSPS) is 22.3. The fourth-order valence-electron chi connectivity index (χ4n) is 4.45. The van der Waals surface area contributed by atoms with Crippen molar-refractivity contribution in [2.24, 2.45) is 5.92 Å². The molecule has 1 unspecified atom stereocenters. The van der Waals surface area contributed by atoms with Gasteiger partial charge < -0.3 is 5.11 Å². The van der Waals surface area contributed by atoms with Gasteiger partial charge in [-0.25, -0.2) is 4.39 Å². The van der Waals surface area contributed by atoms with E-state index in [1.54, 1.807) is 30.3 Å². The van der Waals surface area contributed by atoms with Crippen LogP contribution in [0.15, 0.2) is 58.6 Å². The maximum atomic E-state index is 14.8. The molecule has 6 heteroatoms. The van der Waals surface area contributed by atoms with E-state index in [9.17, 15) is 19.1 Å². The number of amides is 1. The maximum Gasteiger partial charge on any atom is 0.299 e. The molecule has 2 aromatic carbocycles. The van der Waals surface area contributed by atoms with Crippen LogP contribution in [-0.4, -0.2) is 22.8 Å². The highest BCUT2D eigenvalue weighted by Gasteiger charge is 2.50. The van der Waals surface area contributed by atoms with Crippen molar-refractivity contribution < 1.29 is 19.1 Å². The summed E-state index contributed by atoms with van der Waals surface area (Å²) in [5, 5.41) is 11.0. The third-order valence-corrected chi connectivity index (χ3v) is 6.29. The van der Waals surface area contributed by atoms with Crippen LogP contribution in [0, 0.1) is 11.7 Å². The molecule has 2 aliphatic rings. The molecule has 1 N–H and O–H groups in total. The smallest absolute Gasteiger partial charge is 0.299 e. The predicted molar refractivity (Wildman–Crippen MR) is 113 cm³/mol. The van der Waals surface area contributed by atoms with Crippen LogP contribution in [0.2, 0.25) is 0 Å². The molecule has 0 radical (unpaired) electrons. The molecule has 29 heavy (non-hydrogen) atoms. The molecule has 1 atom stereocenters. The summed E-state index contributed by atoms with van der Waals surface area (Å²) in [6.07, 6.45) is 4.72. The first kappa shape index (κ1) is 19.8. The third kappa shape index (κ3) is 3.62. The molecule has 150 valence electrons. The Labute approximate surface area is 177 Å². The number of hydrogen-bond acceptors (Lipinski definition) is 3. The van der Waals surface area contributed by atoms with Crippen LogP contribution < -0.4 is 4.90 Å². The number of carbonyl (C=O) groups is 2. The largest absolute Gasteiger partial charge is 0.507 e. The molecule has 1 aliphatic heterocycles. The Hall–Kier alpha value is -2.47. The number of Topliss-reactive ketones (excluding diaryl/α,β-unsaturated/α-hetero) is 1. The number of nitrogens with zero attached hydrogens (tertiary/aromatic N) is 1. The molecule has 1 heterocycles. The van der Waals surface area contributed by atoms with E-state index in [0.717, 1.165) is 32.1 Å². The fraction of sp³-hybridized carbons (Fsp3) is 0.304. The van der Waals surface area contributed by atoms with Gasteiger partial charge in [0, 0.05) is 10.0 Å². The predicted octanol–water partition coefficient (Wildman–Crippen LogP) is 5.42. The zero-order valence-corrected chi connectivity index (χ0v) is 17.4. The van der Waals surface area contributed by atoms with Crippen molar-refractivity contribution in [2.75, 3.05) is 4.90 Å². The molecule has 1 aliphatic carbocycles. The number of anilines is 1. The van der Waals surface area contributed by atoms with Gasteiger partial charge in [-0.15, -0.1) is 0 Å². The van der Waals surface area contributed by atoms with Crippen molar-refractivity contribution in [3.8, 4) is 0 Å². The van der Waals surface area contributed by atoms with Crippen LogP contribution in [0.1, 0.15) is 37.7 Å². The van der Waals surface area contributed by atoms with E-state index in [-0.39, 0.29) is 22.9 Å². The zero-order chi connectivity index (χ0) is 20.5. The number of ketones is 1. The standard InChI is InChI=1S/C23H21BrFNO3/c24-16-11-12-18(17(25)13-16)26-20(14-7-3-1-4-8-14)19(22(28)23(26)29)21(27)15-9-5-2-6-10-15/h2,5-6,9-14,20,27H,1,3-4,7-8H2. The van der Waals surface area contributed by atoms with Gasteiger partial charge in [-0.2, -0.15) is 0 Å². The second-order valence-electron chi connectivity index (χ2n) is 7.57. The monoisotopic (exact) mass is 457 g/mol. The van der Waals surface area contributed by atoms with Crippen LogP contribution in [0.5, 0.6) is 0 Å². The molecule has 4 nitrogen and oxygen atoms in total. The van der Waals surface area contributed by atoms with Crippen molar-refractivity contribution in [3.05, 3.63) is 70.0 Å². The summed E-state index contributed by atoms with van der Waals surface area (Å²) in [5.41, 5.74) is 0.621. The molecule has 2 fully saturated rings. The van der Waals surface area contributed by atoms with E-state index >= 15 is 0 Å². The van der Waals surface area contributed by atoms with Crippen molar-refractivity contribution in [2.45, 2.75) is 38.1 Å². The van der Waals surface area contributed by atoms with E-state index in [0.29, 0.717) is 10.0 Å². The number of halogens is 2. The van der Waals surface area contributed by atoms with Crippen molar-refractivity contribution in [1.29, 1.82) is 0 Å². The number of carbonyl (C=O) groups excluding carboxylic acids is 2. The Balaban J connectivity index is 1.88. The van der Waals surface area contributed by atoms with E-state index in [1.807, 2.05) is 6.07 Å². The minimum atomic E-state index is -0.792. The Kier molecular flexibility index (Phi) is 5.54. The van der Waals surface area contributed by atoms with Gasteiger partial charge in [0.15, 0.2) is 0 Å². The first-order chi connectivity index (χ1) is 14.0. The number of rotatable bonds is 3. The van der Waals surface area contributed by atoms with Crippen LogP contribution in [-0.2, 0) is 9.59 Å². The third-order valence-electron chi connectivity index (χ3n) is 5.80. The summed E-state index contributed by atoms with van der Waals surface area (Å²) < 4.78 is 15.3. The Morgan fingerprint density at radius 2 is 1.72 bits per heavy atom. The Morgan fingerprint density at radius 1 is 1.03 bits per heavy atom. The molecule has 1 saturated carbocycles. The van der Waals surface area contributed by atoms with E-state index in [1.165, 1.54) is 17.0 Å². The quantitative estimate of drug-likeness (QED) is 0.380. The Morgan fingerprint density at radius 3 is 2.38 bits per heavy atom. The highest BCUT2D eigenvalue weighted by Crippen LogP contribution is 2.42. The molecule has 4 rings (SSSR count). The minimum Gasteiger partial charge on any atom is -0.507 e. The van der Waals surface area contributed by atoms with Gasteiger partial charge >= 0.3 is 0 Å². The molecule has 1 amide bonds. The van der Waals surface area contributed by atoms with E-state index in [4.69, 9.17) is 0 Å². The lowest BCUT2D eigenvalue weighted by molar-refractivity contribution is -0.132. The molecular weight excluding hydrogens is 437 g/mol. The summed E-state index contributed by atoms with van der Waals surface area (Å²) in [7, 11) is 0. The van der Waals surface area contributed by atoms with Crippen molar-refractivity contribution in [1.82, 2.24) is 0 Å². The van der Waals surface area contributed by atoms with Gasteiger partial charge in [0.05, 0.1) is 17.3 Å². The minimum absolute atomic E-state index is 0.0111. The van der Waals surface area contributed by atoms with E-state index < -0.39 is 23.5 Å². The van der Waals surface area contributed by atoms with Gasteiger partial charge in [-0.05, 0) is 37.0 Å². The Bertz CT molecular complexity index is 983. The van der Waals surface area contributed by atoms with Crippen LogP contribution in [0.3, 0.4) is 0 Å². The summed E-state index contributed by atoms with van der Waals surface area (Å²) in [4.78, 5) is 27.2. The van der Waals surface area contributed by atoms with Crippen molar-refractivity contribution >= 4 is 39.1 Å². The average Bonchev–Trinajstić information content (AvgIpc) is 3.00. The number of hydrogen-bond donors (Lipinski definition) is 1. The SMILES string of the molecule is O=C1C(=O)N(c2ccc(Br)cc2F)C(C2CCCCC2)C1=C(O)c1ccccc1. The summed E-state index contributed by atoms with van der Waals surface area (Å²) in [6, 6.07) is 12.5. The van der Waals surface area contributed by atoms with Gasteiger partial charge in [0.25, 0.3) is 11.7 Å². The number of benzene rings is 2. The van der Waals surface area contributed by atoms with Gasteiger partial charge in [-0.1, -0.05) is 65.5 Å². The second-order valence-corrected chi connectivity index (χ2v) is 8.49. The summed E-state index contributed by atoms with van der Waals surface area (Å²) in [6.45, 7) is 0. The highest BCUT2D eigenvalue weighted by molar-refractivity contribution is 9.10. The van der Waals surface area contributed by atoms with E-state index in [2.05, 4.69) is 15.9 Å². The molecule has 1 saturated heterocycles. The summed E-state index contributed by atoms with van der Waals surface area (Å²) in [5.74, 6) is -2.34. The fourth-order valence-corrected chi connectivity index (χ4v) is 4.78. The maximum absolute atomic E-state index is 14.8. The number of aliphatic hydroxyl groups is 1. The topological polar surface area (TPSA) is 57.6 Å². The first-order valence-electron chi connectivity index (χ1n) is 9.80. The summed E-state index contributed by atoms with van der Waals surface area (Å²) >= 11 is 3.23. The lowest BCUT2D eigenvalue weighted by Gasteiger charge is -2.34. The van der Waals surface area contributed by atoms with Gasteiger partial charge in [0.1, 0.15) is 11.6 Å². The average molecular weight is 458 g/mol. The molecule has 0 spiro atoms. The molecule has 2 aromatic rings. The zero-order valence-electron chi connectivity index (χ0n) is 15.8. The molecule has 0 bridgehead atoms. The van der Waals surface area contributed by atoms with Gasteiger partial charge in [0.2, 0.25) is 0 Å². The molecule has 0 aromatic heterocycles. The van der Waals surface area contributed by atoms with Gasteiger partial charge in [-0.3, -0.25) is 14.5 Å². The lowest BCUT2D eigenvalue weighted by Crippen LogP contribution is -2.40. The number of aliphatic hydroxyl groups excluding tert-OH is 1.